The number of benzene rings is 1. The lowest BCUT2D eigenvalue weighted by atomic mass is 10.3. The van der Waals surface area contributed by atoms with E-state index in [4.69, 9.17) is 10.5 Å². The zero-order chi connectivity index (χ0) is 12.5. The van der Waals surface area contributed by atoms with Gasteiger partial charge in [0.05, 0.1) is 24.3 Å². The second-order valence-corrected chi connectivity index (χ2v) is 5.85. The number of imidazole rings is 1. The Morgan fingerprint density at radius 1 is 1.44 bits per heavy atom. The molecule has 0 bridgehead atoms. The van der Waals surface area contributed by atoms with Crippen molar-refractivity contribution in [2.75, 3.05) is 12.8 Å². The maximum absolute atomic E-state index is 5.64. The molecule has 0 saturated carbocycles. The average molecular weight is 278 g/mol. The van der Waals surface area contributed by atoms with E-state index in [1.54, 1.807) is 13.3 Å². The topological polar surface area (TPSA) is 76.8 Å². The van der Waals surface area contributed by atoms with Gasteiger partial charge in [0.15, 0.2) is 9.50 Å². The third-order valence-electron chi connectivity index (χ3n) is 2.35. The van der Waals surface area contributed by atoms with Crippen LogP contribution in [0.25, 0.3) is 11.0 Å². The van der Waals surface area contributed by atoms with Crippen LogP contribution in [0.1, 0.15) is 0 Å². The van der Waals surface area contributed by atoms with Crippen molar-refractivity contribution >= 4 is 39.1 Å². The predicted octanol–water partition coefficient (Wildman–Crippen LogP) is 2.76. The molecule has 0 radical (unpaired) electrons. The van der Waals surface area contributed by atoms with Crippen LogP contribution < -0.4 is 10.5 Å². The molecule has 0 saturated heterocycles. The zero-order valence-electron chi connectivity index (χ0n) is 9.51. The number of nitrogen functional groups attached to an aromatic ring is 1. The van der Waals surface area contributed by atoms with Crippen molar-refractivity contribution in [3.8, 4) is 5.75 Å². The number of fused-ring (bicyclic) bond motifs is 1. The molecule has 3 aromatic rings. The first kappa shape index (κ1) is 11.4. The molecule has 3 rings (SSSR count). The Hall–Kier alpha value is -1.73. The molecule has 0 fully saturated rings. The molecule has 3 N–H and O–H groups in total. The fourth-order valence-corrected chi connectivity index (χ4v) is 3.22. The van der Waals surface area contributed by atoms with Gasteiger partial charge in [-0.3, -0.25) is 0 Å². The van der Waals surface area contributed by atoms with E-state index in [1.807, 2.05) is 18.2 Å². The first-order valence-electron chi connectivity index (χ1n) is 5.17. The van der Waals surface area contributed by atoms with Crippen molar-refractivity contribution in [3.05, 3.63) is 24.4 Å². The molecule has 1 aromatic carbocycles. The third kappa shape index (κ3) is 2.14. The summed E-state index contributed by atoms with van der Waals surface area (Å²) in [6, 6.07) is 5.73. The minimum Gasteiger partial charge on any atom is -0.497 e. The van der Waals surface area contributed by atoms with Crippen LogP contribution in [-0.4, -0.2) is 22.1 Å². The molecule has 0 unspecified atom stereocenters. The summed E-state index contributed by atoms with van der Waals surface area (Å²) in [6.07, 6.45) is 1.65. The van der Waals surface area contributed by atoms with Gasteiger partial charge in [0.1, 0.15) is 10.8 Å². The number of H-pyrrole nitrogens is 1. The molecule has 7 heteroatoms. The number of aromatic amines is 1. The summed E-state index contributed by atoms with van der Waals surface area (Å²) in [7, 11) is 1.64. The summed E-state index contributed by atoms with van der Waals surface area (Å²) in [4.78, 5) is 11.9. The van der Waals surface area contributed by atoms with E-state index in [0.717, 1.165) is 26.3 Å². The first-order chi connectivity index (χ1) is 8.74. The van der Waals surface area contributed by atoms with Gasteiger partial charge >= 0.3 is 0 Å². The standard InChI is InChI=1S/C11H10N4OS2/c1-16-6-2-3-7-8(4-6)15-10(14-7)18-11-13-5-9(12)17-11/h2-5H,12H2,1H3,(H,14,15). The molecule has 18 heavy (non-hydrogen) atoms. The van der Waals surface area contributed by atoms with Crippen LogP contribution in [0.3, 0.4) is 0 Å². The van der Waals surface area contributed by atoms with Gasteiger partial charge in [-0.15, -0.1) is 0 Å². The smallest absolute Gasteiger partial charge is 0.173 e. The minimum absolute atomic E-state index is 0.704. The molecule has 0 spiro atoms. The number of anilines is 1. The number of aromatic nitrogens is 3. The Bertz CT molecular complexity index is 691. The van der Waals surface area contributed by atoms with Gasteiger partial charge in [0.2, 0.25) is 0 Å². The summed E-state index contributed by atoms with van der Waals surface area (Å²) in [5.41, 5.74) is 7.49. The van der Waals surface area contributed by atoms with Crippen LogP contribution in [-0.2, 0) is 0 Å². The maximum Gasteiger partial charge on any atom is 0.173 e. The van der Waals surface area contributed by atoms with Gasteiger partial charge in [0.25, 0.3) is 0 Å². The molecule has 5 nitrogen and oxygen atoms in total. The third-order valence-corrected chi connectivity index (χ3v) is 4.14. The van der Waals surface area contributed by atoms with Crippen molar-refractivity contribution in [3.63, 3.8) is 0 Å². The largest absolute Gasteiger partial charge is 0.497 e. The molecule has 0 amide bonds. The molecule has 0 aliphatic rings. The Balaban J connectivity index is 1.93. The van der Waals surface area contributed by atoms with E-state index in [0.29, 0.717) is 5.00 Å². The van der Waals surface area contributed by atoms with E-state index < -0.39 is 0 Å². The van der Waals surface area contributed by atoms with Crippen molar-refractivity contribution < 1.29 is 4.74 Å². The quantitative estimate of drug-likeness (QED) is 0.770. The van der Waals surface area contributed by atoms with Crippen molar-refractivity contribution in [2.45, 2.75) is 9.50 Å². The van der Waals surface area contributed by atoms with Gasteiger partial charge in [0, 0.05) is 6.07 Å². The van der Waals surface area contributed by atoms with Crippen LogP contribution in [0.15, 0.2) is 33.9 Å². The lowest BCUT2D eigenvalue weighted by Gasteiger charge is -1.96. The monoisotopic (exact) mass is 278 g/mol. The van der Waals surface area contributed by atoms with Crippen molar-refractivity contribution in [2.24, 2.45) is 0 Å². The molecule has 2 aromatic heterocycles. The van der Waals surface area contributed by atoms with Crippen LogP contribution in [0.5, 0.6) is 5.75 Å². The van der Waals surface area contributed by atoms with E-state index in [-0.39, 0.29) is 0 Å². The molecule has 92 valence electrons. The molecular weight excluding hydrogens is 268 g/mol. The fourth-order valence-electron chi connectivity index (χ4n) is 1.54. The number of ether oxygens (including phenoxy) is 1. The number of rotatable bonds is 3. The summed E-state index contributed by atoms with van der Waals surface area (Å²) in [5, 5.41) is 1.50. The fraction of sp³-hybridized carbons (Fsp3) is 0.0909. The minimum atomic E-state index is 0.704. The van der Waals surface area contributed by atoms with Crippen LogP contribution >= 0.6 is 23.1 Å². The molecule has 2 heterocycles. The zero-order valence-corrected chi connectivity index (χ0v) is 11.1. The highest BCUT2D eigenvalue weighted by Crippen LogP contribution is 2.32. The van der Waals surface area contributed by atoms with Gasteiger partial charge in [-0.1, -0.05) is 11.3 Å². The number of nitrogens with two attached hydrogens (primary N) is 1. The Morgan fingerprint density at radius 2 is 2.33 bits per heavy atom. The van der Waals surface area contributed by atoms with E-state index in [2.05, 4.69) is 15.0 Å². The number of thiazole rings is 1. The first-order valence-corrected chi connectivity index (χ1v) is 6.81. The lowest BCUT2D eigenvalue weighted by molar-refractivity contribution is 0.415. The molecule has 0 aliphatic heterocycles. The number of hydrogen-bond acceptors (Lipinski definition) is 6. The summed E-state index contributed by atoms with van der Waals surface area (Å²) in [5.74, 6) is 0.807. The predicted molar refractivity (Wildman–Crippen MR) is 73.3 cm³/mol. The van der Waals surface area contributed by atoms with E-state index >= 15 is 0 Å². The normalized spacial score (nSPS) is 10.9. The Kier molecular flexibility index (Phi) is 2.85. The number of hydrogen-bond donors (Lipinski definition) is 2. The van der Waals surface area contributed by atoms with Gasteiger partial charge in [-0.2, -0.15) is 0 Å². The molecule has 0 aliphatic carbocycles. The average Bonchev–Trinajstić information content (AvgIpc) is 2.94. The Labute approximate surface area is 111 Å². The molecule has 0 atom stereocenters. The highest BCUT2D eigenvalue weighted by molar-refractivity contribution is 8.00. The summed E-state index contributed by atoms with van der Waals surface area (Å²) < 4.78 is 6.05. The lowest BCUT2D eigenvalue weighted by Crippen LogP contribution is -1.81. The van der Waals surface area contributed by atoms with Crippen LogP contribution in [0.4, 0.5) is 5.00 Å². The number of nitrogens with zero attached hydrogens (tertiary/aromatic N) is 2. The number of nitrogens with one attached hydrogen (secondary N) is 1. The SMILES string of the molecule is COc1ccc2nc(Sc3ncc(N)s3)[nH]c2c1. The second kappa shape index (κ2) is 4.51. The van der Waals surface area contributed by atoms with Crippen molar-refractivity contribution in [1.29, 1.82) is 0 Å². The number of methoxy groups -OCH3 is 1. The van der Waals surface area contributed by atoms with Gasteiger partial charge in [-0.05, 0) is 23.9 Å². The Morgan fingerprint density at radius 3 is 3.06 bits per heavy atom. The highest BCUT2D eigenvalue weighted by atomic mass is 32.2. The van der Waals surface area contributed by atoms with Gasteiger partial charge < -0.3 is 15.5 Å². The summed E-state index contributed by atoms with van der Waals surface area (Å²) in [6.45, 7) is 0. The van der Waals surface area contributed by atoms with E-state index in [9.17, 15) is 0 Å². The second-order valence-electron chi connectivity index (χ2n) is 3.56. The van der Waals surface area contributed by atoms with Crippen molar-refractivity contribution in [1.82, 2.24) is 15.0 Å². The van der Waals surface area contributed by atoms with E-state index in [1.165, 1.54) is 23.1 Å². The summed E-state index contributed by atoms with van der Waals surface area (Å²) >= 11 is 2.91. The highest BCUT2D eigenvalue weighted by Gasteiger charge is 2.08. The van der Waals surface area contributed by atoms with Crippen LogP contribution in [0, 0.1) is 0 Å². The maximum atomic E-state index is 5.64. The van der Waals surface area contributed by atoms with Crippen LogP contribution in [0.2, 0.25) is 0 Å². The van der Waals surface area contributed by atoms with Gasteiger partial charge in [-0.25, -0.2) is 9.97 Å². The molecular formula is C11H10N4OS2.